The molecule has 98 valence electrons. The molecule has 1 aromatic rings. The SMILES string of the molecule is C[C@@H]1CCN([C@@H](C)COc2ccc(C=O)cn2)C1. The van der Waals surface area contributed by atoms with Crippen LogP contribution < -0.4 is 4.74 Å². The van der Waals surface area contributed by atoms with Crippen LogP contribution in [0.15, 0.2) is 18.3 Å². The number of ether oxygens (including phenoxy) is 1. The Hall–Kier alpha value is -1.42. The molecule has 1 fully saturated rings. The molecule has 0 radical (unpaired) electrons. The molecule has 0 aromatic carbocycles. The molecule has 0 spiro atoms. The van der Waals surface area contributed by atoms with Crippen LogP contribution in [-0.4, -0.2) is 41.9 Å². The number of hydrogen-bond acceptors (Lipinski definition) is 4. The van der Waals surface area contributed by atoms with E-state index in [-0.39, 0.29) is 0 Å². The van der Waals surface area contributed by atoms with Crippen molar-refractivity contribution in [2.24, 2.45) is 5.92 Å². The summed E-state index contributed by atoms with van der Waals surface area (Å²) in [6.07, 6.45) is 3.59. The quantitative estimate of drug-likeness (QED) is 0.747. The first kappa shape index (κ1) is 13.0. The lowest BCUT2D eigenvalue weighted by atomic mass is 10.2. The number of carbonyl (C=O) groups excluding carboxylic acids is 1. The second-order valence-corrected chi connectivity index (χ2v) is 5.10. The minimum atomic E-state index is 0.405. The van der Waals surface area contributed by atoms with Crippen molar-refractivity contribution in [3.05, 3.63) is 23.9 Å². The average molecular weight is 248 g/mol. The molecule has 1 aliphatic rings. The third-order valence-electron chi connectivity index (χ3n) is 3.45. The van der Waals surface area contributed by atoms with Gasteiger partial charge in [0, 0.05) is 30.4 Å². The minimum absolute atomic E-state index is 0.405. The monoisotopic (exact) mass is 248 g/mol. The zero-order valence-corrected chi connectivity index (χ0v) is 11.0. The minimum Gasteiger partial charge on any atom is -0.476 e. The highest BCUT2D eigenvalue weighted by Gasteiger charge is 2.23. The van der Waals surface area contributed by atoms with Crippen LogP contribution in [0, 0.1) is 5.92 Å². The molecule has 2 rings (SSSR count). The van der Waals surface area contributed by atoms with Gasteiger partial charge in [0.15, 0.2) is 6.29 Å². The van der Waals surface area contributed by atoms with Gasteiger partial charge in [0.25, 0.3) is 0 Å². The second-order valence-electron chi connectivity index (χ2n) is 5.10. The van der Waals surface area contributed by atoms with Crippen molar-refractivity contribution in [2.45, 2.75) is 26.3 Å². The first-order chi connectivity index (χ1) is 8.69. The van der Waals surface area contributed by atoms with E-state index in [2.05, 4.69) is 23.7 Å². The Balaban J connectivity index is 1.81. The summed E-state index contributed by atoms with van der Waals surface area (Å²) in [6, 6.07) is 3.86. The van der Waals surface area contributed by atoms with Crippen LogP contribution in [0.5, 0.6) is 5.88 Å². The maximum atomic E-state index is 10.5. The van der Waals surface area contributed by atoms with Gasteiger partial charge in [0.05, 0.1) is 0 Å². The van der Waals surface area contributed by atoms with Gasteiger partial charge in [0.1, 0.15) is 6.61 Å². The topological polar surface area (TPSA) is 42.4 Å². The molecule has 4 nitrogen and oxygen atoms in total. The number of rotatable bonds is 5. The van der Waals surface area contributed by atoms with Crippen molar-refractivity contribution in [3.63, 3.8) is 0 Å². The number of aldehydes is 1. The van der Waals surface area contributed by atoms with Crippen molar-refractivity contribution in [3.8, 4) is 5.88 Å². The highest BCUT2D eigenvalue weighted by Crippen LogP contribution is 2.18. The van der Waals surface area contributed by atoms with E-state index in [0.29, 0.717) is 24.1 Å². The van der Waals surface area contributed by atoms with Crippen molar-refractivity contribution in [2.75, 3.05) is 19.7 Å². The number of aromatic nitrogens is 1. The number of pyridine rings is 1. The maximum absolute atomic E-state index is 10.5. The Morgan fingerprint density at radius 3 is 3.00 bits per heavy atom. The normalized spacial score (nSPS) is 21.8. The molecular formula is C14H20N2O2. The predicted octanol–water partition coefficient (Wildman–Crippen LogP) is 2.00. The van der Waals surface area contributed by atoms with Crippen LogP contribution in [-0.2, 0) is 0 Å². The molecule has 2 atom stereocenters. The highest BCUT2D eigenvalue weighted by molar-refractivity contribution is 5.73. The summed E-state index contributed by atoms with van der Waals surface area (Å²) in [5.74, 6) is 1.37. The first-order valence-electron chi connectivity index (χ1n) is 6.47. The molecule has 0 unspecified atom stereocenters. The Labute approximate surface area is 108 Å². The molecule has 0 aliphatic carbocycles. The molecule has 2 heterocycles. The van der Waals surface area contributed by atoms with Crippen LogP contribution in [0.3, 0.4) is 0 Å². The number of nitrogens with zero attached hydrogens (tertiary/aromatic N) is 2. The van der Waals surface area contributed by atoms with E-state index in [1.54, 1.807) is 12.1 Å². The van der Waals surface area contributed by atoms with E-state index in [0.717, 1.165) is 25.3 Å². The van der Waals surface area contributed by atoms with Gasteiger partial charge in [-0.15, -0.1) is 0 Å². The van der Waals surface area contributed by atoms with Crippen molar-refractivity contribution in [1.82, 2.24) is 9.88 Å². The second kappa shape index (κ2) is 5.96. The molecule has 0 saturated carbocycles. The van der Waals surface area contributed by atoms with Gasteiger partial charge in [-0.05, 0) is 31.9 Å². The van der Waals surface area contributed by atoms with Gasteiger partial charge in [0.2, 0.25) is 5.88 Å². The van der Waals surface area contributed by atoms with Gasteiger partial charge in [-0.3, -0.25) is 9.69 Å². The summed E-state index contributed by atoms with van der Waals surface area (Å²) in [5, 5.41) is 0. The molecule has 1 aliphatic heterocycles. The van der Waals surface area contributed by atoms with Crippen LogP contribution in [0.2, 0.25) is 0 Å². The molecular weight excluding hydrogens is 228 g/mol. The fourth-order valence-electron chi connectivity index (χ4n) is 2.23. The molecule has 1 aromatic heterocycles. The lowest BCUT2D eigenvalue weighted by molar-refractivity contribution is 0.112. The van der Waals surface area contributed by atoms with Gasteiger partial charge < -0.3 is 4.74 Å². The Morgan fingerprint density at radius 2 is 2.44 bits per heavy atom. The zero-order chi connectivity index (χ0) is 13.0. The smallest absolute Gasteiger partial charge is 0.213 e. The summed E-state index contributed by atoms with van der Waals surface area (Å²) in [4.78, 5) is 17.0. The molecule has 18 heavy (non-hydrogen) atoms. The Morgan fingerprint density at radius 1 is 1.61 bits per heavy atom. The Kier molecular flexibility index (Phi) is 4.31. The third-order valence-corrected chi connectivity index (χ3v) is 3.45. The largest absolute Gasteiger partial charge is 0.476 e. The average Bonchev–Trinajstić information content (AvgIpc) is 2.83. The van der Waals surface area contributed by atoms with E-state index < -0.39 is 0 Å². The molecule has 0 bridgehead atoms. The standard InChI is InChI=1S/C14H20N2O2/c1-11-5-6-16(8-11)12(2)10-18-14-4-3-13(9-17)7-15-14/h3-4,7,9,11-12H,5-6,8,10H2,1-2H3/t11-,12+/m1/s1. The molecule has 0 N–H and O–H groups in total. The summed E-state index contributed by atoms with van der Waals surface area (Å²) < 4.78 is 5.65. The third kappa shape index (κ3) is 3.29. The van der Waals surface area contributed by atoms with Crippen LogP contribution >= 0.6 is 0 Å². The lowest BCUT2D eigenvalue weighted by Gasteiger charge is -2.23. The van der Waals surface area contributed by atoms with Crippen molar-refractivity contribution >= 4 is 6.29 Å². The van der Waals surface area contributed by atoms with E-state index in [9.17, 15) is 4.79 Å². The first-order valence-corrected chi connectivity index (χ1v) is 6.47. The van der Waals surface area contributed by atoms with Gasteiger partial charge in [-0.1, -0.05) is 6.92 Å². The summed E-state index contributed by atoms with van der Waals surface area (Å²) in [5.41, 5.74) is 0.573. The van der Waals surface area contributed by atoms with E-state index in [1.807, 2.05) is 0 Å². The summed E-state index contributed by atoms with van der Waals surface area (Å²) in [7, 11) is 0. The van der Waals surface area contributed by atoms with Crippen molar-refractivity contribution in [1.29, 1.82) is 0 Å². The molecule has 0 amide bonds. The van der Waals surface area contributed by atoms with E-state index in [4.69, 9.17) is 4.74 Å². The summed E-state index contributed by atoms with van der Waals surface area (Å²) in [6.45, 7) is 7.41. The van der Waals surface area contributed by atoms with Gasteiger partial charge in [-0.2, -0.15) is 0 Å². The number of carbonyl (C=O) groups is 1. The van der Waals surface area contributed by atoms with Crippen LogP contribution in [0.4, 0.5) is 0 Å². The summed E-state index contributed by atoms with van der Waals surface area (Å²) >= 11 is 0. The fourth-order valence-corrected chi connectivity index (χ4v) is 2.23. The van der Waals surface area contributed by atoms with Crippen molar-refractivity contribution < 1.29 is 9.53 Å². The highest BCUT2D eigenvalue weighted by atomic mass is 16.5. The zero-order valence-electron chi connectivity index (χ0n) is 11.0. The van der Waals surface area contributed by atoms with Gasteiger partial charge in [-0.25, -0.2) is 4.98 Å². The predicted molar refractivity (Wildman–Crippen MR) is 69.9 cm³/mol. The maximum Gasteiger partial charge on any atom is 0.213 e. The van der Waals surface area contributed by atoms with Crippen LogP contribution in [0.25, 0.3) is 0 Å². The van der Waals surface area contributed by atoms with Crippen LogP contribution in [0.1, 0.15) is 30.6 Å². The molecule has 4 heteroatoms. The van der Waals surface area contributed by atoms with E-state index >= 15 is 0 Å². The number of hydrogen-bond donors (Lipinski definition) is 0. The molecule has 1 saturated heterocycles. The fraction of sp³-hybridized carbons (Fsp3) is 0.571. The number of likely N-dealkylation sites (tertiary alicyclic amines) is 1. The lowest BCUT2D eigenvalue weighted by Crippen LogP contribution is -2.35. The Bertz CT molecular complexity index is 391. The van der Waals surface area contributed by atoms with Gasteiger partial charge >= 0.3 is 0 Å². The van der Waals surface area contributed by atoms with E-state index in [1.165, 1.54) is 12.6 Å².